The van der Waals surface area contributed by atoms with E-state index in [-0.39, 0.29) is 29.8 Å². The Kier molecular flexibility index (Phi) is 6.33. The molecular weight excluding hydrogens is 358 g/mol. The smallest absolute Gasteiger partial charge is 0.240 e. The lowest BCUT2D eigenvalue weighted by atomic mass is 10.1. The van der Waals surface area contributed by atoms with Crippen molar-refractivity contribution in [2.24, 2.45) is 0 Å². The quantitative estimate of drug-likeness (QED) is 0.656. The van der Waals surface area contributed by atoms with Crippen LogP contribution < -0.4 is 24.8 Å². The Bertz CT molecular complexity index is 732. The molecule has 3 N–H and O–H groups in total. The van der Waals surface area contributed by atoms with Crippen molar-refractivity contribution >= 4 is 15.9 Å². The van der Waals surface area contributed by atoms with Gasteiger partial charge in [-0.25, -0.2) is 13.1 Å². The Hall–Kier alpha value is -1.84. The van der Waals surface area contributed by atoms with Crippen LogP contribution in [0.15, 0.2) is 23.1 Å². The normalized spacial score (nSPS) is 20.2. The Morgan fingerprint density at radius 1 is 1.19 bits per heavy atom. The molecule has 0 saturated carbocycles. The predicted octanol–water partition coefficient (Wildman–Crippen LogP) is 0.385. The summed E-state index contributed by atoms with van der Waals surface area (Å²) in [6, 6.07) is 4.65. The molecule has 1 aromatic carbocycles. The number of hydrogen-bond donors (Lipinski definition) is 3. The first-order valence-electron chi connectivity index (χ1n) is 8.94. The standard InChI is InChI=1S/C17H25N3O5S/c21-17(20-13-3-1-7-18-12-13)6-8-19-26(22,23)14-4-5-15-16(11-14)25-10-2-9-24-15/h4-5,11,13,18-19H,1-3,6-10,12H2,(H,20,21). The zero-order chi connectivity index (χ0) is 18.4. The van der Waals surface area contributed by atoms with E-state index in [1.54, 1.807) is 6.07 Å². The van der Waals surface area contributed by atoms with Gasteiger partial charge in [0.25, 0.3) is 0 Å². The number of carbonyl (C=O) groups is 1. The Morgan fingerprint density at radius 3 is 2.77 bits per heavy atom. The fourth-order valence-corrected chi connectivity index (χ4v) is 4.01. The number of benzene rings is 1. The molecule has 0 aliphatic carbocycles. The maximum Gasteiger partial charge on any atom is 0.240 e. The third-order valence-electron chi connectivity index (χ3n) is 4.34. The third-order valence-corrected chi connectivity index (χ3v) is 5.79. The molecule has 0 radical (unpaired) electrons. The largest absolute Gasteiger partial charge is 0.490 e. The molecule has 2 heterocycles. The second-order valence-electron chi connectivity index (χ2n) is 6.42. The van der Waals surface area contributed by atoms with Crippen LogP contribution >= 0.6 is 0 Å². The molecule has 0 spiro atoms. The van der Waals surface area contributed by atoms with E-state index in [2.05, 4.69) is 15.4 Å². The van der Waals surface area contributed by atoms with Gasteiger partial charge in [-0.05, 0) is 31.5 Å². The van der Waals surface area contributed by atoms with Gasteiger partial charge in [0.15, 0.2) is 11.5 Å². The SMILES string of the molecule is O=C(CCNS(=O)(=O)c1ccc2c(c1)OCCCO2)NC1CCCNC1. The number of carbonyl (C=O) groups excluding carboxylic acids is 1. The molecule has 1 unspecified atom stereocenters. The summed E-state index contributed by atoms with van der Waals surface area (Å²) in [5, 5.41) is 6.14. The van der Waals surface area contributed by atoms with Gasteiger partial charge in [0.2, 0.25) is 15.9 Å². The highest BCUT2D eigenvalue weighted by Gasteiger charge is 2.20. The predicted molar refractivity (Wildman–Crippen MR) is 95.9 cm³/mol. The van der Waals surface area contributed by atoms with Crippen molar-refractivity contribution in [2.45, 2.75) is 36.6 Å². The van der Waals surface area contributed by atoms with Crippen molar-refractivity contribution in [3.05, 3.63) is 18.2 Å². The van der Waals surface area contributed by atoms with E-state index in [0.717, 1.165) is 32.4 Å². The van der Waals surface area contributed by atoms with Crippen LogP contribution in [0.25, 0.3) is 0 Å². The fraction of sp³-hybridized carbons (Fsp3) is 0.588. The summed E-state index contributed by atoms with van der Waals surface area (Å²) in [5.41, 5.74) is 0. The minimum atomic E-state index is -3.71. The molecule has 0 aromatic heterocycles. The zero-order valence-electron chi connectivity index (χ0n) is 14.6. The van der Waals surface area contributed by atoms with Crippen molar-refractivity contribution in [1.29, 1.82) is 0 Å². The van der Waals surface area contributed by atoms with Gasteiger partial charge in [0.05, 0.1) is 18.1 Å². The first-order chi connectivity index (χ1) is 12.5. The van der Waals surface area contributed by atoms with Crippen molar-refractivity contribution in [3.63, 3.8) is 0 Å². The second-order valence-corrected chi connectivity index (χ2v) is 8.18. The molecule has 2 aliphatic rings. The summed E-state index contributed by atoms with van der Waals surface area (Å²) >= 11 is 0. The zero-order valence-corrected chi connectivity index (χ0v) is 15.4. The molecule has 1 aromatic rings. The number of fused-ring (bicyclic) bond motifs is 1. The number of sulfonamides is 1. The molecule has 144 valence electrons. The monoisotopic (exact) mass is 383 g/mol. The molecule has 1 saturated heterocycles. The highest BCUT2D eigenvalue weighted by atomic mass is 32.2. The minimum absolute atomic E-state index is 0.0444. The van der Waals surface area contributed by atoms with E-state index in [9.17, 15) is 13.2 Å². The van der Waals surface area contributed by atoms with Gasteiger partial charge >= 0.3 is 0 Å². The Labute approximate surface area is 153 Å². The number of nitrogens with one attached hydrogen (secondary N) is 3. The Balaban J connectivity index is 1.52. The average molecular weight is 383 g/mol. The third kappa shape index (κ3) is 5.09. The van der Waals surface area contributed by atoms with Gasteiger partial charge in [-0.1, -0.05) is 0 Å². The van der Waals surface area contributed by atoms with E-state index < -0.39 is 10.0 Å². The van der Waals surface area contributed by atoms with E-state index in [4.69, 9.17) is 9.47 Å². The summed E-state index contributed by atoms with van der Waals surface area (Å²) in [6.07, 6.45) is 2.82. The molecule has 2 aliphatic heterocycles. The number of rotatable bonds is 6. The van der Waals surface area contributed by atoms with Crippen LogP contribution in [0, 0.1) is 0 Å². The average Bonchev–Trinajstić information content (AvgIpc) is 2.87. The van der Waals surface area contributed by atoms with Crippen LogP contribution in [0.4, 0.5) is 0 Å². The lowest BCUT2D eigenvalue weighted by Gasteiger charge is -2.23. The van der Waals surface area contributed by atoms with Crippen LogP contribution in [-0.4, -0.2) is 53.2 Å². The topological polar surface area (TPSA) is 106 Å². The van der Waals surface area contributed by atoms with Crippen LogP contribution in [-0.2, 0) is 14.8 Å². The van der Waals surface area contributed by atoms with Crippen LogP contribution in [0.2, 0.25) is 0 Å². The van der Waals surface area contributed by atoms with E-state index in [0.29, 0.717) is 24.7 Å². The number of hydrogen-bond acceptors (Lipinski definition) is 6. The molecule has 8 nitrogen and oxygen atoms in total. The summed E-state index contributed by atoms with van der Waals surface area (Å²) in [4.78, 5) is 12.0. The van der Waals surface area contributed by atoms with Crippen LogP contribution in [0.3, 0.4) is 0 Å². The van der Waals surface area contributed by atoms with Crippen molar-refractivity contribution in [1.82, 2.24) is 15.4 Å². The molecule has 9 heteroatoms. The number of amides is 1. The molecule has 1 fully saturated rings. The van der Waals surface area contributed by atoms with E-state index >= 15 is 0 Å². The van der Waals surface area contributed by atoms with Gasteiger partial charge in [0.1, 0.15) is 0 Å². The fourth-order valence-electron chi connectivity index (χ4n) is 2.97. The second kappa shape index (κ2) is 8.70. The summed E-state index contributed by atoms with van der Waals surface area (Å²) in [6.45, 7) is 2.81. The number of piperidine rings is 1. The minimum Gasteiger partial charge on any atom is -0.490 e. The lowest BCUT2D eigenvalue weighted by molar-refractivity contribution is -0.121. The van der Waals surface area contributed by atoms with Crippen molar-refractivity contribution in [2.75, 3.05) is 32.8 Å². The van der Waals surface area contributed by atoms with E-state index in [1.165, 1.54) is 12.1 Å². The van der Waals surface area contributed by atoms with E-state index in [1.807, 2.05) is 0 Å². The molecule has 1 amide bonds. The summed E-state index contributed by atoms with van der Waals surface area (Å²) < 4.78 is 38.3. The molecule has 26 heavy (non-hydrogen) atoms. The Morgan fingerprint density at radius 2 is 2.00 bits per heavy atom. The molecule has 3 rings (SSSR count). The van der Waals surface area contributed by atoms with Crippen LogP contribution in [0.1, 0.15) is 25.7 Å². The van der Waals surface area contributed by atoms with Crippen LogP contribution in [0.5, 0.6) is 11.5 Å². The van der Waals surface area contributed by atoms with Gasteiger partial charge in [0, 0.05) is 38.0 Å². The first kappa shape index (κ1) is 18.9. The van der Waals surface area contributed by atoms with Crippen molar-refractivity contribution < 1.29 is 22.7 Å². The van der Waals surface area contributed by atoms with Crippen molar-refractivity contribution in [3.8, 4) is 11.5 Å². The lowest BCUT2D eigenvalue weighted by Crippen LogP contribution is -2.46. The molecule has 0 bridgehead atoms. The van der Waals surface area contributed by atoms with Gasteiger partial charge in [-0.2, -0.15) is 0 Å². The molecular formula is C17H25N3O5S. The molecule has 1 atom stereocenters. The summed E-state index contributed by atoms with van der Waals surface area (Å²) in [7, 11) is -3.71. The first-order valence-corrected chi connectivity index (χ1v) is 10.4. The highest BCUT2D eigenvalue weighted by Crippen LogP contribution is 2.31. The maximum absolute atomic E-state index is 12.4. The highest BCUT2D eigenvalue weighted by molar-refractivity contribution is 7.89. The van der Waals surface area contributed by atoms with Gasteiger partial charge in [-0.15, -0.1) is 0 Å². The summed E-state index contributed by atoms with van der Waals surface area (Å²) in [5.74, 6) is 0.815. The maximum atomic E-state index is 12.4. The van der Waals surface area contributed by atoms with Gasteiger partial charge in [-0.3, -0.25) is 4.79 Å². The number of ether oxygens (including phenoxy) is 2. The van der Waals surface area contributed by atoms with Gasteiger partial charge < -0.3 is 20.1 Å².